The molecule has 1 aliphatic carbocycles. The first kappa shape index (κ1) is 17.0. The maximum absolute atomic E-state index is 12.1. The number of carboxylic acids is 1. The summed E-state index contributed by atoms with van der Waals surface area (Å²) in [6.07, 6.45) is 5.60. The molecule has 1 saturated carbocycles. The van der Waals surface area contributed by atoms with Crippen molar-refractivity contribution in [3.8, 4) is 5.75 Å². The molecule has 0 spiro atoms. The summed E-state index contributed by atoms with van der Waals surface area (Å²) < 4.78 is 1.54. The predicted molar refractivity (Wildman–Crippen MR) is 82.9 cm³/mol. The minimum absolute atomic E-state index is 0. The highest BCUT2D eigenvalue weighted by Gasteiger charge is 2.24. The highest BCUT2D eigenvalue weighted by molar-refractivity contribution is 6.03. The van der Waals surface area contributed by atoms with Crippen LogP contribution in [-0.2, 0) is 11.2 Å². The second kappa shape index (κ2) is 6.82. The number of nitrogens with one attached hydrogen (secondary N) is 1. The molecule has 0 aromatic carbocycles. The van der Waals surface area contributed by atoms with Gasteiger partial charge in [0.1, 0.15) is 24.2 Å². The third-order valence-corrected chi connectivity index (χ3v) is 3.95. The molecule has 2 aromatic rings. The molecule has 124 valence electrons. The molecule has 3 N–H and O–H groups in total. The minimum Gasteiger partial charge on any atom is -0.507 e. The van der Waals surface area contributed by atoms with Crippen LogP contribution in [-0.4, -0.2) is 43.2 Å². The smallest absolute Gasteiger partial charge is 0.322 e. The number of fused-ring (bicyclic) bond motifs is 1. The SMILES string of the molecule is Cl.O=C(O)CNC(=O)c1c(O)cc(CC2CCC2)n2ncnc12. The standard InChI is InChI=1S/C14H16N4O4.ClH/c19-10-5-9(4-8-2-1-3-8)18-13(16-7-17-18)12(10)14(22)15-6-11(20)21;/h5,7-8,19H,1-4,6H2,(H,15,22)(H,20,21);1H. The van der Waals surface area contributed by atoms with Gasteiger partial charge in [0.2, 0.25) is 0 Å². The number of carbonyl (C=O) groups excluding carboxylic acids is 1. The summed E-state index contributed by atoms with van der Waals surface area (Å²) in [4.78, 5) is 26.6. The van der Waals surface area contributed by atoms with Crippen molar-refractivity contribution in [2.45, 2.75) is 25.7 Å². The molecule has 9 heteroatoms. The molecule has 1 aliphatic rings. The van der Waals surface area contributed by atoms with Crippen molar-refractivity contribution >= 4 is 29.9 Å². The molecule has 3 rings (SSSR count). The van der Waals surface area contributed by atoms with E-state index in [-0.39, 0.29) is 29.4 Å². The number of aromatic hydroxyl groups is 1. The Bertz CT molecular complexity index is 742. The molecule has 1 amide bonds. The fraction of sp³-hybridized carbons (Fsp3) is 0.429. The first-order chi connectivity index (χ1) is 10.6. The van der Waals surface area contributed by atoms with Gasteiger partial charge in [-0.2, -0.15) is 5.10 Å². The van der Waals surface area contributed by atoms with Gasteiger partial charge in [0, 0.05) is 11.8 Å². The fourth-order valence-electron chi connectivity index (χ4n) is 2.63. The summed E-state index contributed by atoms with van der Waals surface area (Å²) in [5, 5.41) is 25.1. The lowest BCUT2D eigenvalue weighted by Crippen LogP contribution is -2.30. The van der Waals surface area contributed by atoms with Crippen LogP contribution in [0.1, 0.15) is 35.3 Å². The van der Waals surface area contributed by atoms with E-state index in [0.29, 0.717) is 5.92 Å². The van der Waals surface area contributed by atoms with E-state index >= 15 is 0 Å². The van der Waals surface area contributed by atoms with Gasteiger partial charge < -0.3 is 15.5 Å². The summed E-state index contributed by atoms with van der Waals surface area (Å²) in [5.41, 5.74) is 0.970. The zero-order chi connectivity index (χ0) is 15.7. The molecule has 8 nitrogen and oxygen atoms in total. The second-order valence-corrected chi connectivity index (χ2v) is 5.47. The summed E-state index contributed by atoms with van der Waals surface area (Å²) in [6, 6.07) is 1.51. The van der Waals surface area contributed by atoms with Crippen molar-refractivity contribution in [2.75, 3.05) is 6.54 Å². The third kappa shape index (κ3) is 3.37. The van der Waals surface area contributed by atoms with Gasteiger partial charge in [-0.1, -0.05) is 19.3 Å². The molecular weight excluding hydrogens is 324 g/mol. The van der Waals surface area contributed by atoms with Gasteiger partial charge in [0.15, 0.2) is 5.65 Å². The van der Waals surface area contributed by atoms with E-state index in [9.17, 15) is 14.7 Å². The van der Waals surface area contributed by atoms with Gasteiger partial charge in [0.25, 0.3) is 5.91 Å². The van der Waals surface area contributed by atoms with Crippen LogP contribution in [0.4, 0.5) is 0 Å². The van der Waals surface area contributed by atoms with E-state index in [1.807, 2.05) is 0 Å². The Kier molecular flexibility index (Phi) is 5.05. The second-order valence-electron chi connectivity index (χ2n) is 5.47. The average molecular weight is 341 g/mol. The zero-order valence-electron chi connectivity index (χ0n) is 12.2. The van der Waals surface area contributed by atoms with Crippen molar-refractivity contribution in [3.05, 3.63) is 23.7 Å². The highest BCUT2D eigenvalue weighted by Crippen LogP contribution is 2.31. The van der Waals surface area contributed by atoms with E-state index < -0.39 is 18.4 Å². The molecule has 0 unspecified atom stereocenters. The van der Waals surface area contributed by atoms with Crippen LogP contribution in [0, 0.1) is 5.92 Å². The quantitative estimate of drug-likeness (QED) is 0.748. The molecule has 0 saturated heterocycles. The van der Waals surface area contributed by atoms with Gasteiger partial charge in [-0.25, -0.2) is 9.50 Å². The minimum atomic E-state index is -1.16. The van der Waals surface area contributed by atoms with E-state index in [0.717, 1.165) is 25.0 Å². The normalized spacial score (nSPS) is 14.1. The first-order valence-corrected chi connectivity index (χ1v) is 7.11. The Morgan fingerprint density at radius 1 is 1.39 bits per heavy atom. The number of carboxylic acid groups (broad SMARTS) is 1. The average Bonchev–Trinajstić information content (AvgIpc) is 2.89. The van der Waals surface area contributed by atoms with E-state index in [2.05, 4.69) is 15.4 Å². The predicted octanol–water partition coefficient (Wildman–Crippen LogP) is 1.01. The number of aromatic nitrogens is 3. The number of amides is 1. The Balaban J connectivity index is 0.00000192. The van der Waals surface area contributed by atoms with Crippen LogP contribution in [0.5, 0.6) is 5.75 Å². The van der Waals surface area contributed by atoms with Crippen LogP contribution in [0.2, 0.25) is 0 Å². The lowest BCUT2D eigenvalue weighted by atomic mass is 9.82. The Labute approximate surface area is 137 Å². The number of hydrogen-bond acceptors (Lipinski definition) is 5. The van der Waals surface area contributed by atoms with Crippen molar-refractivity contribution in [1.82, 2.24) is 19.9 Å². The van der Waals surface area contributed by atoms with Crippen LogP contribution in [0.15, 0.2) is 12.4 Å². The molecule has 23 heavy (non-hydrogen) atoms. The third-order valence-electron chi connectivity index (χ3n) is 3.95. The molecule has 0 radical (unpaired) electrons. The Hall–Kier alpha value is -2.35. The largest absolute Gasteiger partial charge is 0.507 e. The number of rotatable bonds is 5. The van der Waals surface area contributed by atoms with Crippen LogP contribution in [0.3, 0.4) is 0 Å². The number of pyridine rings is 1. The molecule has 1 fully saturated rings. The molecule has 0 aliphatic heterocycles. The lowest BCUT2D eigenvalue weighted by molar-refractivity contribution is -0.135. The lowest BCUT2D eigenvalue weighted by Gasteiger charge is -2.25. The molecule has 2 aromatic heterocycles. The highest BCUT2D eigenvalue weighted by atomic mass is 35.5. The monoisotopic (exact) mass is 340 g/mol. The fourth-order valence-corrected chi connectivity index (χ4v) is 2.63. The zero-order valence-corrected chi connectivity index (χ0v) is 13.0. The van der Waals surface area contributed by atoms with Gasteiger partial charge in [-0.3, -0.25) is 9.59 Å². The molecule has 0 atom stereocenters. The number of halogens is 1. The van der Waals surface area contributed by atoms with Crippen molar-refractivity contribution < 1.29 is 19.8 Å². The van der Waals surface area contributed by atoms with Crippen molar-refractivity contribution in [2.24, 2.45) is 5.92 Å². The number of carbonyl (C=O) groups is 2. The van der Waals surface area contributed by atoms with E-state index in [1.54, 1.807) is 0 Å². The van der Waals surface area contributed by atoms with Crippen LogP contribution >= 0.6 is 12.4 Å². The summed E-state index contributed by atoms with van der Waals surface area (Å²) in [7, 11) is 0. The summed E-state index contributed by atoms with van der Waals surface area (Å²) in [6.45, 7) is -0.525. The van der Waals surface area contributed by atoms with Crippen molar-refractivity contribution in [1.29, 1.82) is 0 Å². The molecular formula is C14H17ClN4O4. The first-order valence-electron chi connectivity index (χ1n) is 7.11. The number of hydrogen-bond donors (Lipinski definition) is 3. The number of nitrogens with zero attached hydrogens (tertiary/aromatic N) is 3. The maximum Gasteiger partial charge on any atom is 0.322 e. The van der Waals surface area contributed by atoms with E-state index in [1.165, 1.54) is 23.3 Å². The van der Waals surface area contributed by atoms with Crippen molar-refractivity contribution in [3.63, 3.8) is 0 Å². The molecule has 0 bridgehead atoms. The van der Waals surface area contributed by atoms with Gasteiger partial charge in [-0.05, 0) is 12.3 Å². The topological polar surface area (TPSA) is 117 Å². The van der Waals surface area contributed by atoms with Gasteiger partial charge in [-0.15, -0.1) is 12.4 Å². The van der Waals surface area contributed by atoms with Crippen LogP contribution < -0.4 is 5.32 Å². The molecule has 2 heterocycles. The van der Waals surface area contributed by atoms with Gasteiger partial charge in [0.05, 0.1) is 0 Å². The Morgan fingerprint density at radius 3 is 2.74 bits per heavy atom. The van der Waals surface area contributed by atoms with E-state index in [4.69, 9.17) is 5.11 Å². The number of aliphatic carboxylic acids is 1. The van der Waals surface area contributed by atoms with Crippen LogP contribution in [0.25, 0.3) is 5.65 Å². The summed E-state index contributed by atoms with van der Waals surface area (Å²) in [5.74, 6) is -1.49. The maximum atomic E-state index is 12.1. The summed E-state index contributed by atoms with van der Waals surface area (Å²) >= 11 is 0. The Morgan fingerprint density at radius 2 is 2.13 bits per heavy atom. The van der Waals surface area contributed by atoms with Gasteiger partial charge >= 0.3 is 5.97 Å².